The number of hydrogen-bond donors (Lipinski definition) is 3. The van der Waals surface area contributed by atoms with E-state index in [-0.39, 0.29) is 11.4 Å². The molecule has 0 aliphatic carbocycles. The highest BCUT2D eigenvalue weighted by molar-refractivity contribution is 6.04. The van der Waals surface area contributed by atoms with Gasteiger partial charge in [0.05, 0.1) is 11.4 Å². The minimum atomic E-state index is -1.09. The van der Waals surface area contributed by atoms with Gasteiger partial charge in [-0.25, -0.2) is 4.79 Å². The molecule has 0 saturated heterocycles. The SMILES string of the molecule is Cc1nnc2[nH]c(C(=O)O)c(N)c2c1C. The number of rotatable bonds is 1. The highest BCUT2D eigenvalue weighted by Gasteiger charge is 2.17. The van der Waals surface area contributed by atoms with Gasteiger partial charge < -0.3 is 15.8 Å². The average molecular weight is 206 g/mol. The van der Waals surface area contributed by atoms with Gasteiger partial charge in [0.15, 0.2) is 5.65 Å². The van der Waals surface area contributed by atoms with Crippen LogP contribution in [0.1, 0.15) is 21.7 Å². The van der Waals surface area contributed by atoms with E-state index >= 15 is 0 Å². The number of carboxylic acids is 1. The number of H-pyrrole nitrogens is 1. The van der Waals surface area contributed by atoms with E-state index in [4.69, 9.17) is 10.8 Å². The van der Waals surface area contributed by atoms with Crippen LogP contribution < -0.4 is 5.73 Å². The van der Waals surface area contributed by atoms with Gasteiger partial charge in [0.25, 0.3) is 0 Å². The molecule has 0 radical (unpaired) electrons. The first-order valence-corrected chi connectivity index (χ1v) is 4.36. The van der Waals surface area contributed by atoms with Crippen LogP contribution >= 0.6 is 0 Å². The fourth-order valence-electron chi connectivity index (χ4n) is 1.50. The number of carbonyl (C=O) groups is 1. The number of nitrogens with zero attached hydrogens (tertiary/aromatic N) is 2. The predicted molar refractivity (Wildman–Crippen MR) is 54.7 cm³/mol. The lowest BCUT2D eigenvalue weighted by molar-refractivity contribution is 0.0692. The van der Waals surface area contributed by atoms with Crippen LogP contribution in [-0.4, -0.2) is 26.3 Å². The van der Waals surface area contributed by atoms with Crippen molar-refractivity contribution < 1.29 is 9.90 Å². The van der Waals surface area contributed by atoms with Crippen LogP contribution in [0.3, 0.4) is 0 Å². The second-order valence-corrected chi connectivity index (χ2v) is 3.35. The van der Waals surface area contributed by atoms with E-state index < -0.39 is 5.97 Å². The topological polar surface area (TPSA) is 105 Å². The van der Waals surface area contributed by atoms with E-state index in [1.807, 2.05) is 6.92 Å². The summed E-state index contributed by atoms with van der Waals surface area (Å²) < 4.78 is 0. The Labute approximate surface area is 85.1 Å². The number of aryl methyl sites for hydroxylation is 2. The normalized spacial score (nSPS) is 10.8. The molecule has 0 spiro atoms. The summed E-state index contributed by atoms with van der Waals surface area (Å²) in [6.45, 7) is 3.64. The molecule has 2 aromatic rings. The van der Waals surface area contributed by atoms with E-state index in [2.05, 4.69) is 15.2 Å². The highest BCUT2D eigenvalue weighted by Crippen LogP contribution is 2.27. The first kappa shape index (κ1) is 9.45. The minimum absolute atomic E-state index is 0.0343. The van der Waals surface area contributed by atoms with Gasteiger partial charge in [0.1, 0.15) is 5.69 Å². The van der Waals surface area contributed by atoms with Crippen molar-refractivity contribution in [1.82, 2.24) is 15.2 Å². The molecule has 0 atom stereocenters. The van der Waals surface area contributed by atoms with Crippen molar-refractivity contribution in [3.05, 3.63) is 17.0 Å². The van der Waals surface area contributed by atoms with Crippen molar-refractivity contribution in [1.29, 1.82) is 0 Å². The molecule has 0 fully saturated rings. The zero-order chi connectivity index (χ0) is 11.2. The molecule has 0 bridgehead atoms. The van der Waals surface area contributed by atoms with E-state index in [0.717, 1.165) is 11.3 Å². The third-order valence-electron chi connectivity index (χ3n) is 2.45. The summed E-state index contributed by atoms with van der Waals surface area (Å²) in [4.78, 5) is 13.5. The Morgan fingerprint density at radius 2 is 2.07 bits per heavy atom. The van der Waals surface area contributed by atoms with Gasteiger partial charge in [-0.3, -0.25) is 0 Å². The average Bonchev–Trinajstić information content (AvgIpc) is 2.50. The third kappa shape index (κ3) is 1.22. The molecule has 2 heterocycles. The van der Waals surface area contributed by atoms with E-state index in [1.165, 1.54) is 0 Å². The number of anilines is 1. The number of carboxylic acid groups (broad SMARTS) is 1. The lowest BCUT2D eigenvalue weighted by Crippen LogP contribution is -2.00. The molecule has 78 valence electrons. The quantitative estimate of drug-likeness (QED) is 0.641. The maximum atomic E-state index is 10.8. The molecule has 2 rings (SSSR count). The van der Waals surface area contributed by atoms with Crippen molar-refractivity contribution in [3.63, 3.8) is 0 Å². The number of aromatic amines is 1. The van der Waals surface area contributed by atoms with Crippen molar-refractivity contribution in [2.24, 2.45) is 0 Å². The maximum Gasteiger partial charge on any atom is 0.354 e. The van der Waals surface area contributed by atoms with Crippen LogP contribution in [0, 0.1) is 13.8 Å². The van der Waals surface area contributed by atoms with Crippen LogP contribution in [-0.2, 0) is 0 Å². The standard InChI is InChI=1S/C9H10N4O2/c1-3-4(2)12-13-8-5(3)6(10)7(11-8)9(14)15/h10H2,1-2H3,(H,11,13)(H,14,15). The highest BCUT2D eigenvalue weighted by atomic mass is 16.4. The number of fused-ring (bicyclic) bond motifs is 1. The zero-order valence-corrected chi connectivity index (χ0v) is 8.33. The zero-order valence-electron chi connectivity index (χ0n) is 8.33. The summed E-state index contributed by atoms with van der Waals surface area (Å²) in [6, 6.07) is 0. The summed E-state index contributed by atoms with van der Waals surface area (Å²) in [5.41, 5.74) is 7.91. The van der Waals surface area contributed by atoms with Gasteiger partial charge in [0.2, 0.25) is 0 Å². The number of hydrogen-bond acceptors (Lipinski definition) is 4. The Morgan fingerprint density at radius 1 is 1.40 bits per heavy atom. The summed E-state index contributed by atoms with van der Waals surface area (Å²) in [6.07, 6.45) is 0. The number of aromatic nitrogens is 3. The fraction of sp³-hybridized carbons (Fsp3) is 0.222. The van der Waals surface area contributed by atoms with Crippen molar-refractivity contribution in [3.8, 4) is 0 Å². The molecule has 6 nitrogen and oxygen atoms in total. The van der Waals surface area contributed by atoms with Gasteiger partial charge in [0, 0.05) is 5.39 Å². The summed E-state index contributed by atoms with van der Waals surface area (Å²) in [7, 11) is 0. The summed E-state index contributed by atoms with van der Waals surface area (Å²) in [5, 5.41) is 17.3. The van der Waals surface area contributed by atoms with Crippen LogP contribution in [0.5, 0.6) is 0 Å². The molecule has 6 heteroatoms. The van der Waals surface area contributed by atoms with Crippen LogP contribution in [0.2, 0.25) is 0 Å². The molecule has 0 aromatic carbocycles. The molecule has 0 saturated carbocycles. The van der Waals surface area contributed by atoms with E-state index in [9.17, 15) is 4.79 Å². The van der Waals surface area contributed by atoms with Crippen molar-refractivity contribution >= 4 is 22.7 Å². The van der Waals surface area contributed by atoms with Gasteiger partial charge in [-0.15, -0.1) is 5.10 Å². The van der Waals surface area contributed by atoms with Gasteiger partial charge >= 0.3 is 5.97 Å². The fourth-order valence-corrected chi connectivity index (χ4v) is 1.50. The Kier molecular flexibility index (Phi) is 1.85. The Hall–Kier alpha value is -2.11. The van der Waals surface area contributed by atoms with E-state index in [1.54, 1.807) is 6.92 Å². The van der Waals surface area contributed by atoms with E-state index in [0.29, 0.717) is 11.0 Å². The monoisotopic (exact) mass is 206 g/mol. The number of aromatic carboxylic acids is 1. The molecule has 0 aliphatic rings. The smallest absolute Gasteiger partial charge is 0.354 e. The molecule has 4 N–H and O–H groups in total. The molecular weight excluding hydrogens is 196 g/mol. The van der Waals surface area contributed by atoms with Crippen LogP contribution in [0.15, 0.2) is 0 Å². The third-order valence-corrected chi connectivity index (χ3v) is 2.45. The Morgan fingerprint density at radius 3 is 2.67 bits per heavy atom. The first-order chi connectivity index (χ1) is 7.02. The first-order valence-electron chi connectivity index (χ1n) is 4.36. The number of nitrogen functional groups attached to an aromatic ring is 1. The maximum absolute atomic E-state index is 10.8. The van der Waals surface area contributed by atoms with Gasteiger partial charge in [-0.1, -0.05) is 0 Å². The molecule has 0 aliphatic heterocycles. The molecular formula is C9H10N4O2. The van der Waals surface area contributed by atoms with Crippen molar-refractivity contribution in [2.75, 3.05) is 5.73 Å². The molecule has 15 heavy (non-hydrogen) atoms. The Balaban J connectivity index is 2.89. The van der Waals surface area contributed by atoms with Crippen molar-refractivity contribution in [2.45, 2.75) is 13.8 Å². The van der Waals surface area contributed by atoms with Crippen LogP contribution in [0.4, 0.5) is 5.69 Å². The minimum Gasteiger partial charge on any atom is -0.477 e. The second-order valence-electron chi connectivity index (χ2n) is 3.35. The predicted octanol–water partition coefficient (Wildman–Crippen LogP) is 0.855. The Bertz CT molecular complexity index is 559. The van der Waals surface area contributed by atoms with Gasteiger partial charge in [-0.2, -0.15) is 5.10 Å². The van der Waals surface area contributed by atoms with Gasteiger partial charge in [-0.05, 0) is 19.4 Å². The lowest BCUT2D eigenvalue weighted by Gasteiger charge is -1.99. The number of nitrogens with one attached hydrogen (secondary N) is 1. The molecule has 0 amide bonds. The second kappa shape index (κ2) is 2.94. The summed E-state index contributed by atoms with van der Waals surface area (Å²) >= 11 is 0. The lowest BCUT2D eigenvalue weighted by atomic mass is 10.1. The molecule has 2 aromatic heterocycles. The summed E-state index contributed by atoms with van der Waals surface area (Å²) in [5.74, 6) is -1.09. The molecule has 0 unspecified atom stereocenters. The van der Waals surface area contributed by atoms with Crippen LogP contribution in [0.25, 0.3) is 11.0 Å². The largest absolute Gasteiger partial charge is 0.477 e. The number of nitrogens with two attached hydrogens (primary N) is 1.